The average Bonchev–Trinajstić information content (AvgIpc) is 2.52. The summed E-state index contributed by atoms with van der Waals surface area (Å²) in [5.74, 6) is 0.00515. The van der Waals surface area contributed by atoms with Crippen molar-refractivity contribution in [3.8, 4) is 0 Å². The van der Waals surface area contributed by atoms with Crippen molar-refractivity contribution in [2.24, 2.45) is 11.8 Å². The Morgan fingerprint density at radius 3 is 1.32 bits per heavy atom. The first-order chi connectivity index (χ1) is 10.6. The Morgan fingerprint density at radius 2 is 1.05 bits per heavy atom. The van der Waals surface area contributed by atoms with Gasteiger partial charge in [-0.1, -0.05) is 40.5 Å². The molecular weight excluding hydrogens is 312 g/mol. The molecule has 0 spiro atoms. The van der Waals surface area contributed by atoms with Crippen molar-refractivity contribution in [1.29, 1.82) is 0 Å². The van der Waals surface area contributed by atoms with Crippen LogP contribution in [-0.4, -0.2) is 31.5 Å². The third-order valence-electron chi connectivity index (χ3n) is 3.79. The fraction of sp³-hybridized carbons (Fsp3) is 0.875. The molecule has 0 aromatic heterocycles. The Bertz CT molecular complexity index is 273. The van der Waals surface area contributed by atoms with Crippen molar-refractivity contribution in [3.63, 3.8) is 0 Å². The van der Waals surface area contributed by atoms with Crippen LogP contribution in [0.4, 0.5) is 0 Å². The quantitative estimate of drug-likeness (QED) is 0.377. The fourth-order valence-corrected chi connectivity index (χ4v) is 3.66. The first-order valence-corrected chi connectivity index (χ1v) is 10.7. The molecule has 4 nitrogen and oxygen atoms in total. The molecule has 0 N–H and O–H groups in total. The molecule has 0 bridgehead atoms. The predicted molar refractivity (Wildman–Crippen MR) is 90.7 cm³/mol. The molecular formula is C16H30O4Si2. The van der Waals surface area contributed by atoms with Crippen LogP contribution in [-0.2, 0) is 18.4 Å². The van der Waals surface area contributed by atoms with Gasteiger partial charge in [0.25, 0.3) is 11.9 Å². The summed E-state index contributed by atoms with van der Waals surface area (Å²) in [6, 6.07) is 1.83. The molecule has 126 valence electrons. The zero-order valence-electron chi connectivity index (χ0n) is 14.4. The van der Waals surface area contributed by atoms with Crippen molar-refractivity contribution < 1.29 is 18.4 Å². The van der Waals surface area contributed by atoms with Crippen LogP contribution in [0.25, 0.3) is 0 Å². The molecule has 0 aromatic rings. The summed E-state index contributed by atoms with van der Waals surface area (Å²) in [4.78, 5) is 23.3. The molecule has 0 heterocycles. The van der Waals surface area contributed by atoms with Crippen LogP contribution < -0.4 is 0 Å². The van der Waals surface area contributed by atoms with Crippen LogP contribution in [0.2, 0.25) is 12.1 Å². The minimum atomic E-state index is -0.0516. The van der Waals surface area contributed by atoms with E-state index < -0.39 is 0 Å². The SMILES string of the molecule is CCC(CC)C(=O)O[Si]CCCC[Si]OC(=O)C(CC)CC. The molecule has 0 aliphatic rings. The number of carbonyl (C=O) groups is 2. The van der Waals surface area contributed by atoms with Crippen LogP contribution in [0, 0.1) is 11.8 Å². The highest BCUT2D eigenvalue weighted by Gasteiger charge is 2.16. The molecule has 0 fully saturated rings. The Morgan fingerprint density at radius 1 is 0.727 bits per heavy atom. The lowest BCUT2D eigenvalue weighted by Crippen LogP contribution is -2.18. The number of hydrogen-bond acceptors (Lipinski definition) is 4. The van der Waals surface area contributed by atoms with Crippen LogP contribution in [0.15, 0.2) is 0 Å². The van der Waals surface area contributed by atoms with Gasteiger partial charge in [-0.3, -0.25) is 9.59 Å². The Labute approximate surface area is 140 Å². The fourth-order valence-electron chi connectivity index (χ4n) is 2.05. The molecule has 22 heavy (non-hydrogen) atoms. The summed E-state index contributed by atoms with van der Waals surface area (Å²) >= 11 is 0. The largest absolute Gasteiger partial charge is 0.516 e. The van der Waals surface area contributed by atoms with Gasteiger partial charge in [0.05, 0.1) is 11.8 Å². The predicted octanol–water partition coefficient (Wildman–Crippen LogP) is 3.80. The minimum Gasteiger partial charge on any atom is -0.516 e. The van der Waals surface area contributed by atoms with E-state index in [1.54, 1.807) is 0 Å². The standard InChI is InChI=1S/C16H30O4Si2/c1-5-13(6-2)15(17)19-21-11-9-10-12-22-20-16(18)14(7-3)8-4/h13-14H,5-12H2,1-4H3. The maximum absolute atomic E-state index is 11.7. The maximum Gasteiger partial charge on any atom is 0.314 e. The monoisotopic (exact) mass is 342 g/mol. The molecule has 6 heteroatoms. The van der Waals surface area contributed by atoms with Gasteiger partial charge in [-0.05, 0) is 37.8 Å². The molecule has 0 aliphatic carbocycles. The molecule has 0 saturated carbocycles. The Balaban J connectivity index is 3.51. The van der Waals surface area contributed by atoms with Gasteiger partial charge in [-0.15, -0.1) is 0 Å². The number of unbranched alkanes of at least 4 members (excludes halogenated alkanes) is 1. The molecule has 4 radical (unpaired) electrons. The lowest BCUT2D eigenvalue weighted by Gasteiger charge is -2.11. The first kappa shape index (κ1) is 21.4. The Hall–Kier alpha value is -0.626. The van der Waals surface area contributed by atoms with Gasteiger partial charge in [0.1, 0.15) is 0 Å². The minimum absolute atomic E-state index is 0.0516. The van der Waals surface area contributed by atoms with Crippen LogP contribution >= 0.6 is 0 Å². The highest BCUT2D eigenvalue weighted by molar-refractivity contribution is 6.31. The molecule has 0 aliphatic heterocycles. The summed E-state index contributed by atoms with van der Waals surface area (Å²) in [5, 5.41) is 0. The molecule has 0 atom stereocenters. The summed E-state index contributed by atoms with van der Waals surface area (Å²) in [7, 11) is 0.521. The van der Waals surface area contributed by atoms with Crippen LogP contribution in [0.3, 0.4) is 0 Å². The lowest BCUT2D eigenvalue weighted by atomic mass is 10.0. The van der Waals surface area contributed by atoms with E-state index in [0.717, 1.165) is 50.6 Å². The molecule has 0 amide bonds. The smallest absolute Gasteiger partial charge is 0.314 e. The van der Waals surface area contributed by atoms with Crippen molar-refractivity contribution in [3.05, 3.63) is 0 Å². The summed E-state index contributed by atoms with van der Waals surface area (Å²) < 4.78 is 10.6. The van der Waals surface area contributed by atoms with Crippen LogP contribution in [0.5, 0.6) is 0 Å². The molecule has 0 saturated heterocycles. The van der Waals surface area contributed by atoms with Gasteiger partial charge >= 0.3 is 19.5 Å². The average molecular weight is 343 g/mol. The maximum atomic E-state index is 11.7. The van der Waals surface area contributed by atoms with Crippen molar-refractivity contribution in [1.82, 2.24) is 0 Å². The zero-order chi connectivity index (χ0) is 16.8. The normalized spacial score (nSPS) is 11.0. The summed E-state index contributed by atoms with van der Waals surface area (Å²) in [6.07, 6.45) is 5.44. The molecule has 0 unspecified atom stereocenters. The van der Waals surface area contributed by atoms with E-state index in [-0.39, 0.29) is 43.3 Å². The highest BCUT2D eigenvalue weighted by atomic mass is 28.2. The number of hydrogen-bond donors (Lipinski definition) is 0. The van der Waals surface area contributed by atoms with E-state index in [1.165, 1.54) is 0 Å². The first-order valence-electron chi connectivity index (χ1n) is 8.47. The van der Waals surface area contributed by atoms with Gasteiger partial charge in [0.2, 0.25) is 0 Å². The van der Waals surface area contributed by atoms with E-state index in [0.29, 0.717) is 0 Å². The lowest BCUT2D eigenvalue weighted by molar-refractivity contribution is -0.140. The summed E-state index contributed by atoms with van der Waals surface area (Å²) in [5.41, 5.74) is 0. The second-order valence-corrected chi connectivity index (χ2v) is 7.35. The van der Waals surface area contributed by atoms with Gasteiger partial charge in [-0.2, -0.15) is 0 Å². The Kier molecular flexibility index (Phi) is 13.6. The molecule has 0 aromatic carbocycles. The van der Waals surface area contributed by atoms with Crippen molar-refractivity contribution in [2.75, 3.05) is 0 Å². The third-order valence-corrected chi connectivity index (χ3v) is 5.60. The second kappa shape index (κ2) is 14.0. The highest BCUT2D eigenvalue weighted by Crippen LogP contribution is 2.11. The van der Waals surface area contributed by atoms with Crippen molar-refractivity contribution in [2.45, 2.75) is 78.3 Å². The van der Waals surface area contributed by atoms with Crippen LogP contribution in [0.1, 0.15) is 66.2 Å². The van der Waals surface area contributed by atoms with E-state index in [2.05, 4.69) is 0 Å². The van der Waals surface area contributed by atoms with Crippen molar-refractivity contribution >= 4 is 31.5 Å². The number of carbonyl (C=O) groups excluding carboxylic acids is 2. The zero-order valence-corrected chi connectivity index (χ0v) is 16.4. The summed E-state index contributed by atoms with van der Waals surface area (Å²) in [6.45, 7) is 8.07. The van der Waals surface area contributed by atoms with Gasteiger partial charge in [-0.25, -0.2) is 0 Å². The molecule has 0 rings (SSSR count). The van der Waals surface area contributed by atoms with E-state index >= 15 is 0 Å². The van der Waals surface area contributed by atoms with E-state index in [9.17, 15) is 9.59 Å². The topological polar surface area (TPSA) is 52.6 Å². The van der Waals surface area contributed by atoms with Gasteiger partial charge < -0.3 is 8.85 Å². The van der Waals surface area contributed by atoms with E-state index in [1.807, 2.05) is 27.7 Å². The second-order valence-electron chi connectivity index (χ2n) is 5.36. The third kappa shape index (κ3) is 9.40. The van der Waals surface area contributed by atoms with Gasteiger partial charge in [0, 0.05) is 0 Å². The number of rotatable bonds is 13. The van der Waals surface area contributed by atoms with Gasteiger partial charge in [0.15, 0.2) is 0 Å². The van der Waals surface area contributed by atoms with E-state index in [4.69, 9.17) is 8.85 Å².